The molecule has 0 aromatic heterocycles. The van der Waals surface area contributed by atoms with Gasteiger partial charge < -0.3 is 11.1 Å². The molecular weight excluding hydrogens is 287 g/mol. The lowest BCUT2D eigenvalue weighted by molar-refractivity contribution is 1.52. The normalized spacial score (nSPS) is 10.1. The molecule has 0 unspecified atom stereocenters. The van der Waals surface area contributed by atoms with Crippen molar-refractivity contribution in [1.29, 1.82) is 0 Å². The van der Waals surface area contributed by atoms with Crippen LogP contribution in [-0.4, -0.2) is 4.99 Å². The van der Waals surface area contributed by atoms with Crippen molar-refractivity contribution in [3.8, 4) is 0 Å². The Bertz CT molecular complexity index is 599. The van der Waals surface area contributed by atoms with E-state index in [9.17, 15) is 0 Å². The first-order valence-corrected chi connectivity index (χ1v) is 6.35. The number of hydrogen-bond acceptors (Lipinski definition) is 2. The minimum atomic E-state index is 0.284. The molecule has 2 aromatic carbocycles. The summed E-state index contributed by atoms with van der Waals surface area (Å²) < 4.78 is 0. The predicted octanol–water partition coefficient (Wildman–Crippen LogP) is 4.37. The van der Waals surface area contributed by atoms with Gasteiger partial charge in [-0.1, -0.05) is 47.6 Å². The number of rotatable bonds is 3. The van der Waals surface area contributed by atoms with Gasteiger partial charge in [-0.05, 0) is 30.3 Å². The zero-order chi connectivity index (χ0) is 13.1. The highest BCUT2D eigenvalue weighted by Crippen LogP contribution is 2.28. The predicted molar refractivity (Wildman–Crippen MR) is 82.1 cm³/mol. The maximum Gasteiger partial charge on any atom is 0.106 e. The van der Waals surface area contributed by atoms with E-state index < -0.39 is 0 Å². The van der Waals surface area contributed by atoms with Crippen molar-refractivity contribution in [2.75, 3.05) is 5.32 Å². The van der Waals surface area contributed by atoms with Gasteiger partial charge in [-0.15, -0.1) is 0 Å². The van der Waals surface area contributed by atoms with Gasteiger partial charge in [0, 0.05) is 16.3 Å². The van der Waals surface area contributed by atoms with Crippen LogP contribution in [0.3, 0.4) is 0 Å². The zero-order valence-electron chi connectivity index (χ0n) is 9.28. The first-order chi connectivity index (χ1) is 8.58. The molecular formula is C13H10Cl2N2S. The Morgan fingerprint density at radius 2 is 1.78 bits per heavy atom. The summed E-state index contributed by atoms with van der Waals surface area (Å²) in [5.74, 6) is 0. The smallest absolute Gasteiger partial charge is 0.106 e. The third-order valence-electron chi connectivity index (χ3n) is 2.39. The molecule has 0 atom stereocenters. The first kappa shape index (κ1) is 13.1. The van der Waals surface area contributed by atoms with Crippen LogP contribution in [0.4, 0.5) is 11.4 Å². The molecule has 2 nitrogen and oxygen atoms in total. The van der Waals surface area contributed by atoms with Crippen LogP contribution in [0.25, 0.3) is 0 Å². The van der Waals surface area contributed by atoms with Gasteiger partial charge in [0.25, 0.3) is 0 Å². The van der Waals surface area contributed by atoms with Crippen LogP contribution in [-0.2, 0) is 0 Å². The van der Waals surface area contributed by atoms with Crippen molar-refractivity contribution >= 4 is 51.8 Å². The minimum Gasteiger partial charge on any atom is -0.389 e. The summed E-state index contributed by atoms with van der Waals surface area (Å²) in [5.41, 5.74) is 7.94. The molecule has 0 fully saturated rings. The number of nitrogens with one attached hydrogen (secondary N) is 1. The largest absolute Gasteiger partial charge is 0.389 e. The number of halogens is 2. The molecule has 3 N–H and O–H groups in total. The fourth-order valence-corrected chi connectivity index (χ4v) is 2.06. The zero-order valence-corrected chi connectivity index (χ0v) is 11.6. The lowest BCUT2D eigenvalue weighted by Crippen LogP contribution is -2.12. The van der Waals surface area contributed by atoms with Gasteiger partial charge in [0.1, 0.15) is 4.99 Å². The highest BCUT2D eigenvalue weighted by Gasteiger charge is 2.07. The van der Waals surface area contributed by atoms with Crippen LogP contribution in [0.5, 0.6) is 0 Å². The van der Waals surface area contributed by atoms with Gasteiger partial charge in [-0.2, -0.15) is 0 Å². The Hall–Kier alpha value is -1.29. The van der Waals surface area contributed by atoms with Gasteiger partial charge >= 0.3 is 0 Å². The van der Waals surface area contributed by atoms with E-state index in [0.717, 1.165) is 11.4 Å². The van der Waals surface area contributed by atoms with E-state index in [1.807, 2.05) is 24.3 Å². The van der Waals surface area contributed by atoms with Gasteiger partial charge in [0.15, 0.2) is 0 Å². The number of nitrogens with two attached hydrogens (primary N) is 1. The standard InChI is InChI=1S/C13H10Cl2N2S/c14-8-5-6-11(9(7-8)13(16)18)17-12-4-2-1-3-10(12)15/h1-7,17H,(H2,16,18). The highest BCUT2D eigenvalue weighted by atomic mass is 35.5. The van der Waals surface area contributed by atoms with E-state index in [0.29, 0.717) is 15.6 Å². The second-order valence-corrected chi connectivity index (χ2v) is 4.94. The van der Waals surface area contributed by atoms with Crippen molar-refractivity contribution in [1.82, 2.24) is 0 Å². The third-order valence-corrected chi connectivity index (χ3v) is 3.17. The Labute approximate surface area is 121 Å². The second-order valence-electron chi connectivity index (χ2n) is 3.66. The lowest BCUT2D eigenvalue weighted by Gasteiger charge is -2.12. The van der Waals surface area contributed by atoms with Crippen LogP contribution < -0.4 is 11.1 Å². The van der Waals surface area contributed by atoms with Gasteiger partial charge in [-0.3, -0.25) is 0 Å². The van der Waals surface area contributed by atoms with E-state index in [-0.39, 0.29) is 4.99 Å². The topological polar surface area (TPSA) is 38.0 Å². The van der Waals surface area contributed by atoms with Crippen LogP contribution in [0.15, 0.2) is 42.5 Å². The SMILES string of the molecule is NC(=S)c1cc(Cl)ccc1Nc1ccccc1Cl. The van der Waals surface area contributed by atoms with Crippen LogP contribution in [0.1, 0.15) is 5.56 Å². The molecule has 2 aromatic rings. The summed E-state index contributed by atoms with van der Waals surface area (Å²) in [4.78, 5) is 0.284. The van der Waals surface area contributed by atoms with E-state index in [1.165, 1.54) is 0 Å². The number of thiocarbonyl (C=S) groups is 1. The quantitative estimate of drug-likeness (QED) is 0.826. The molecule has 0 aliphatic carbocycles. The Kier molecular flexibility index (Phi) is 4.07. The molecule has 0 aliphatic rings. The second kappa shape index (κ2) is 5.57. The maximum absolute atomic E-state index is 6.08. The fraction of sp³-hybridized carbons (Fsp3) is 0. The van der Waals surface area contributed by atoms with Crippen molar-refractivity contribution in [2.45, 2.75) is 0 Å². The molecule has 92 valence electrons. The fourth-order valence-electron chi connectivity index (χ4n) is 1.54. The summed E-state index contributed by atoms with van der Waals surface area (Å²) in [7, 11) is 0. The van der Waals surface area contributed by atoms with E-state index in [4.69, 9.17) is 41.2 Å². The minimum absolute atomic E-state index is 0.284. The van der Waals surface area contributed by atoms with Gasteiger partial charge in [-0.25, -0.2) is 0 Å². The van der Waals surface area contributed by atoms with Crippen molar-refractivity contribution in [2.24, 2.45) is 5.73 Å². The highest BCUT2D eigenvalue weighted by molar-refractivity contribution is 7.80. The maximum atomic E-state index is 6.08. The monoisotopic (exact) mass is 296 g/mol. The summed E-state index contributed by atoms with van der Waals surface area (Å²) in [6.07, 6.45) is 0. The number of para-hydroxylation sites is 1. The third kappa shape index (κ3) is 2.93. The molecule has 0 radical (unpaired) electrons. The molecule has 0 saturated carbocycles. The molecule has 0 bridgehead atoms. The number of hydrogen-bond donors (Lipinski definition) is 2. The molecule has 2 rings (SSSR count). The molecule has 0 amide bonds. The van der Waals surface area contributed by atoms with Crippen molar-refractivity contribution < 1.29 is 0 Å². The van der Waals surface area contributed by atoms with Crippen LogP contribution in [0, 0.1) is 0 Å². The van der Waals surface area contributed by atoms with Crippen LogP contribution in [0.2, 0.25) is 10.0 Å². The Balaban J connectivity index is 2.41. The van der Waals surface area contributed by atoms with Gasteiger partial charge in [0.2, 0.25) is 0 Å². The first-order valence-electron chi connectivity index (χ1n) is 5.19. The molecule has 0 saturated heterocycles. The van der Waals surface area contributed by atoms with E-state index >= 15 is 0 Å². The molecule has 18 heavy (non-hydrogen) atoms. The summed E-state index contributed by atoms with van der Waals surface area (Å²) >= 11 is 17.0. The molecule has 0 spiro atoms. The summed E-state index contributed by atoms with van der Waals surface area (Å²) in [5, 5.41) is 4.40. The van der Waals surface area contributed by atoms with Crippen molar-refractivity contribution in [3.05, 3.63) is 58.1 Å². The average Bonchev–Trinajstić information content (AvgIpc) is 2.34. The summed E-state index contributed by atoms with van der Waals surface area (Å²) in [6, 6.07) is 12.8. The molecule has 0 aliphatic heterocycles. The summed E-state index contributed by atoms with van der Waals surface area (Å²) in [6.45, 7) is 0. The molecule has 5 heteroatoms. The van der Waals surface area contributed by atoms with Crippen LogP contribution >= 0.6 is 35.4 Å². The van der Waals surface area contributed by atoms with E-state index in [1.54, 1.807) is 18.2 Å². The van der Waals surface area contributed by atoms with Gasteiger partial charge in [0.05, 0.1) is 10.7 Å². The lowest BCUT2D eigenvalue weighted by atomic mass is 10.1. The Morgan fingerprint density at radius 1 is 1.06 bits per heavy atom. The molecule has 0 heterocycles. The number of benzene rings is 2. The number of anilines is 2. The van der Waals surface area contributed by atoms with Crippen molar-refractivity contribution in [3.63, 3.8) is 0 Å². The Morgan fingerprint density at radius 3 is 2.44 bits per heavy atom. The van der Waals surface area contributed by atoms with E-state index in [2.05, 4.69) is 5.32 Å². The average molecular weight is 297 g/mol.